The molecule has 4 heteroatoms. The molecule has 0 saturated heterocycles. The second kappa shape index (κ2) is 10.3. The van der Waals surface area contributed by atoms with Crippen LogP contribution in [0.5, 0.6) is 17.2 Å². The summed E-state index contributed by atoms with van der Waals surface area (Å²) in [5, 5.41) is 21.8. The molecule has 0 amide bonds. The summed E-state index contributed by atoms with van der Waals surface area (Å²) < 4.78 is 5.96. The molecule has 4 aromatic carbocycles. The van der Waals surface area contributed by atoms with Crippen LogP contribution in [0.2, 0.25) is 0 Å². The van der Waals surface area contributed by atoms with Crippen molar-refractivity contribution in [1.82, 2.24) is 0 Å². The van der Waals surface area contributed by atoms with Gasteiger partial charge in [0.15, 0.2) is 0 Å². The summed E-state index contributed by atoms with van der Waals surface area (Å²) in [7, 11) is 0. The third kappa shape index (κ3) is 5.44. The summed E-state index contributed by atoms with van der Waals surface area (Å²) in [5.74, 6) is 1.34. The first-order valence-corrected chi connectivity index (χ1v) is 11.8. The topological polar surface area (TPSA) is 62.0 Å². The van der Waals surface area contributed by atoms with Crippen LogP contribution >= 0.6 is 0 Å². The van der Waals surface area contributed by atoms with Crippen molar-refractivity contribution in [1.29, 1.82) is 0 Å². The lowest BCUT2D eigenvalue weighted by Gasteiger charge is -2.15. The minimum atomic E-state index is 0.246. The Morgan fingerprint density at radius 1 is 0.829 bits per heavy atom. The van der Waals surface area contributed by atoms with Crippen molar-refractivity contribution in [2.45, 2.75) is 19.3 Å². The van der Waals surface area contributed by atoms with Gasteiger partial charge in [-0.25, -0.2) is 0 Å². The van der Waals surface area contributed by atoms with Gasteiger partial charge in [-0.2, -0.15) is 0 Å². The van der Waals surface area contributed by atoms with Gasteiger partial charge in [0.25, 0.3) is 0 Å². The van der Waals surface area contributed by atoms with Gasteiger partial charge < -0.3 is 14.9 Å². The van der Waals surface area contributed by atoms with Gasteiger partial charge in [0.1, 0.15) is 17.2 Å². The number of benzene rings is 4. The highest BCUT2D eigenvalue weighted by molar-refractivity contribution is 5.93. The van der Waals surface area contributed by atoms with Crippen molar-refractivity contribution in [3.05, 3.63) is 114 Å². The smallest absolute Gasteiger partial charge is 0.119 e. The number of rotatable bonds is 7. The molecule has 174 valence electrons. The Morgan fingerprint density at radius 3 is 2.46 bits per heavy atom. The SMILES string of the molecule is Oc1ccc(-c2ccc3cc(O)ccc3c2Cc2ccc(OCCC3=CN=CCC=C3)cc2)cc1. The maximum Gasteiger partial charge on any atom is 0.119 e. The molecule has 0 unspecified atom stereocenters. The van der Waals surface area contributed by atoms with Crippen LogP contribution in [0.15, 0.2) is 108 Å². The molecule has 1 aliphatic rings. The molecule has 5 rings (SSSR count). The van der Waals surface area contributed by atoms with E-state index in [-0.39, 0.29) is 11.5 Å². The molecule has 2 N–H and O–H groups in total. The average Bonchev–Trinajstić information content (AvgIpc) is 3.15. The maximum absolute atomic E-state index is 9.97. The van der Waals surface area contributed by atoms with E-state index in [1.807, 2.05) is 48.8 Å². The lowest BCUT2D eigenvalue weighted by atomic mass is 9.90. The maximum atomic E-state index is 9.97. The lowest BCUT2D eigenvalue weighted by Crippen LogP contribution is -1.99. The van der Waals surface area contributed by atoms with Crippen molar-refractivity contribution in [3.8, 4) is 28.4 Å². The van der Waals surface area contributed by atoms with Gasteiger partial charge in [-0.05, 0) is 81.4 Å². The summed E-state index contributed by atoms with van der Waals surface area (Å²) in [6.07, 6.45) is 10.4. The molecule has 0 fully saturated rings. The van der Waals surface area contributed by atoms with Crippen LogP contribution in [0.3, 0.4) is 0 Å². The largest absolute Gasteiger partial charge is 0.508 e. The van der Waals surface area contributed by atoms with Gasteiger partial charge >= 0.3 is 0 Å². The van der Waals surface area contributed by atoms with Crippen molar-refractivity contribution < 1.29 is 14.9 Å². The Bertz CT molecular complexity index is 1410. The third-order valence-electron chi connectivity index (χ3n) is 6.18. The van der Waals surface area contributed by atoms with Gasteiger partial charge in [-0.3, -0.25) is 4.99 Å². The van der Waals surface area contributed by atoms with Gasteiger partial charge in [0, 0.05) is 25.3 Å². The quantitative estimate of drug-likeness (QED) is 0.306. The van der Waals surface area contributed by atoms with E-state index in [0.717, 1.165) is 46.9 Å². The van der Waals surface area contributed by atoms with Crippen molar-refractivity contribution in [3.63, 3.8) is 0 Å². The van der Waals surface area contributed by atoms with E-state index in [2.05, 4.69) is 35.3 Å². The van der Waals surface area contributed by atoms with Gasteiger partial charge in [-0.1, -0.05) is 54.6 Å². The molecule has 0 saturated carbocycles. The monoisotopic (exact) mass is 461 g/mol. The molecule has 4 aromatic rings. The number of nitrogens with zero attached hydrogens (tertiary/aromatic N) is 1. The van der Waals surface area contributed by atoms with Crippen LogP contribution in [0.25, 0.3) is 21.9 Å². The van der Waals surface area contributed by atoms with E-state index in [4.69, 9.17) is 4.74 Å². The molecule has 0 aromatic heterocycles. The van der Waals surface area contributed by atoms with E-state index in [1.54, 1.807) is 24.3 Å². The molecular formula is C31H27NO3. The molecule has 0 atom stereocenters. The summed E-state index contributed by atoms with van der Waals surface area (Å²) in [4.78, 5) is 4.26. The highest BCUT2D eigenvalue weighted by Gasteiger charge is 2.12. The summed E-state index contributed by atoms with van der Waals surface area (Å²) in [6, 6.07) is 25.1. The van der Waals surface area contributed by atoms with Gasteiger partial charge in [0.05, 0.1) is 6.61 Å². The van der Waals surface area contributed by atoms with E-state index < -0.39 is 0 Å². The number of allylic oxidation sites excluding steroid dienone is 2. The molecule has 0 bridgehead atoms. The first kappa shape index (κ1) is 22.5. The van der Waals surface area contributed by atoms with Crippen LogP contribution in [0, 0.1) is 0 Å². The fourth-order valence-electron chi connectivity index (χ4n) is 4.36. The molecule has 35 heavy (non-hydrogen) atoms. The average molecular weight is 462 g/mol. The van der Waals surface area contributed by atoms with Crippen LogP contribution in [-0.4, -0.2) is 23.0 Å². The predicted molar refractivity (Wildman–Crippen MR) is 142 cm³/mol. The number of hydrogen-bond donors (Lipinski definition) is 2. The minimum absolute atomic E-state index is 0.246. The zero-order valence-electron chi connectivity index (χ0n) is 19.4. The van der Waals surface area contributed by atoms with E-state index in [1.165, 1.54) is 16.7 Å². The van der Waals surface area contributed by atoms with Crippen LogP contribution in [0.4, 0.5) is 0 Å². The normalized spacial score (nSPS) is 13.0. The number of hydrogen-bond acceptors (Lipinski definition) is 4. The van der Waals surface area contributed by atoms with Crippen LogP contribution in [-0.2, 0) is 6.42 Å². The summed E-state index contributed by atoms with van der Waals surface area (Å²) in [5.41, 5.74) is 5.66. The fraction of sp³-hybridized carbons (Fsp3) is 0.129. The number of phenolic OH excluding ortho intramolecular Hbond substituents is 2. The Hall–Kier alpha value is -4.31. The number of aromatic hydroxyl groups is 2. The number of ether oxygens (including phenoxy) is 1. The van der Waals surface area contributed by atoms with E-state index in [9.17, 15) is 10.2 Å². The van der Waals surface area contributed by atoms with E-state index >= 15 is 0 Å². The van der Waals surface area contributed by atoms with Crippen LogP contribution < -0.4 is 4.74 Å². The van der Waals surface area contributed by atoms with Crippen molar-refractivity contribution in [2.75, 3.05) is 6.61 Å². The Balaban J connectivity index is 1.37. The molecular weight excluding hydrogens is 434 g/mol. The van der Waals surface area contributed by atoms with Gasteiger partial charge in [0.2, 0.25) is 0 Å². The Labute approximate surface area is 205 Å². The summed E-state index contributed by atoms with van der Waals surface area (Å²) >= 11 is 0. The van der Waals surface area contributed by atoms with Crippen molar-refractivity contribution >= 4 is 17.0 Å². The molecule has 0 radical (unpaired) electrons. The number of fused-ring (bicyclic) bond motifs is 1. The predicted octanol–water partition coefficient (Wildman–Crippen LogP) is 7.19. The lowest BCUT2D eigenvalue weighted by molar-refractivity contribution is 0.322. The zero-order valence-corrected chi connectivity index (χ0v) is 19.4. The molecule has 0 spiro atoms. The highest BCUT2D eigenvalue weighted by Crippen LogP contribution is 2.34. The zero-order chi connectivity index (χ0) is 24.0. The third-order valence-corrected chi connectivity index (χ3v) is 6.18. The second-order valence-electron chi connectivity index (χ2n) is 8.64. The first-order valence-electron chi connectivity index (χ1n) is 11.8. The van der Waals surface area contributed by atoms with E-state index in [0.29, 0.717) is 6.61 Å². The number of phenols is 2. The van der Waals surface area contributed by atoms with Crippen molar-refractivity contribution in [2.24, 2.45) is 4.99 Å². The Kier molecular flexibility index (Phi) is 6.62. The first-order chi connectivity index (χ1) is 17.2. The van der Waals surface area contributed by atoms with Gasteiger partial charge in [-0.15, -0.1) is 0 Å². The molecule has 1 aliphatic heterocycles. The molecule has 1 heterocycles. The highest BCUT2D eigenvalue weighted by atomic mass is 16.5. The molecule has 4 nitrogen and oxygen atoms in total. The standard InChI is InChI=1S/C31H27NO3/c33-26-9-6-24(7-10-26)29-14-8-25-20-27(34)11-15-30(25)31(29)19-22-4-12-28(13-5-22)35-18-16-23-3-1-2-17-32-21-23/h1,3-15,17,20-21,33-34H,2,16,18-19H2. The fourth-order valence-corrected chi connectivity index (χ4v) is 4.36. The second-order valence-corrected chi connectivity index (χ2v) is 8.64. The summed E-state index contributed by atoms with van der Waals surface area (Å²) in [6.45, 7) is 0.600. The minimum Gasteiger partial charge on any atom is -0.508 e. The number of aliphatic imine (C=N–C) groups is 1. The van der Waals surface area contributed by atoms with Crippen LogP contribution in [0.1, 0.15) is 24.0 Å². The Morgan fingerprint density at radius 2 is 1.63 bits per heavy atom. The molecule has 0 aliphatic carbocycles.